The Morgan fingerprint density at radius 1 is 1.03 bits per heavy atom. The molecule has 3 amide bonds. The molecule has 1 heterocycles. The lowest BCUT2D eigenvalue weighted by atomic mass is 10.0. The van der Waals surface area contributed by atoms with Crippen LogP contribution in [0.1, 0.15) is 48.0 Å². The monoisotopic (exact) mass is 502 g/mol. The number of imide groups is 1. The van der Waals surface area contributed by atoms with Crippen LogP contribution < -0.4 is 4.90 Å². The van der Waals surface area contributed by atoms with Gasteiger partial charge in [0, 0.05) is 15.2 Å². The van der Waals surface area contributed by atoms with Crippen LogP contribution >= 0.6 is 22.6 Å². The summed E-state index contributed by atoms with van der Waals surface area (Å²) < 4.78 is 1.03. The van der Waals surface area contributed by atoms with Crippen LogP contribution in [0.5, 0.6) is 0 Å². The van der Waals surface area contributed by atoms with Gasteiger partial charge in [-0.1, -0.05) is 31.0 Å². The van der Waals surface area contributed by atoms with Crippen molar-refractivity contribution in [2.45, 2.75) is 51.1 Å². The Hall–Kier alpha value is -2.22. The number of hydrogen-bond acceptors (Lipinski definition) is 3. The number of anilines is 1. The molecule has 150 valence electrons. The maximum absolute atomic E-state index is 13.5. The predicted octanol–water partition coefficient (Wildman–Crippen LogP) is 4.32. The molecule has 0 bridgehead atoms. The molecule has 0 aromatic heterocycles. The van der Waals surface area contributed by atoms with E-state index in [1.807, 2.05) is 37.3 Å². The second-order valence-electron chi connectivity index (χ2n) is 7.73. The van der Waals surface area contributed by atoms with Crippen molar-refractivity contribution in [2.75, 3.05) is 4.90 Å². The molecule has 2 aromatic carbocycles. The molecule has 2 aromatic rings. The van der Waals surface area contributed by atoms with E-state index in [1.54, 1.807) is 23.1 Å². The molecule has 6 heteroatoms. The van der Waals surface area contributed by atoms with E-state index in [0.29, 0.717) is 11.3 Å². The molecule has 1 saturated carbocycles. The number of hydrogen-bond donors (Lipinski definition) is 0. The highest BCUT2D eigenvalue weighted by Gasteiger charge is 2.47. The first-order valence-corrected chi connectivity index (χ1v) is 11.1. The molecular weight excluding hydrogens is 479 g/mol. The molecule has 1 unspecified atom stereocenters. The van der Waals surface area contributed by atoms with E-state index < -0.39 is 6.04 Å². The SMILES string of the molecule is Cc1ccccc1C(=O)N(C1CCCC1)C1CC(=O)N(c2ccc(I)cc2)C1=O. The zero-order chi connectivity index (χ0) is 20.5. The predicted molar refractivity (Wildman–Crippen MR) is 120 cm³/mol. The molecule has 2 fully saturated rings. The molecule has 1 aliphatic heterocycles. The minimum absolute atomic E-state index is 0.000489. The van der Waals surface area contributed by atoms with Gasteiger partial charge in [-0.25, -0.2) is 4.90 Å². The number of rotatable bonds is 4. The van der Waals surface area contributed by atoms with Crippen molar-refractivity contribution in [1.29, 1.82) is 0 Å². The van der Waals surface area contributed by atoms with Gasteiger partial charge in [0.2, 0.25) is 5.91 Å². The van der Waals surface area contributed by atoms with Crippen LogP contribution in [0, 0.1) is 10.5 Å². The molecule has 1 aliphatic carbocycles. The van der Waals surface area contributed by atoms with Crippen LogP contribution in [0.2, 0.25) is 0 Å². The third-order valence-electron chi connectivity index (χ3n) is 5.87. The van der Waals surface area contributed by atoms with Crippen molar-refractivity contribution in [3.8, 4) is 0 Å². The zero-order valence-corrected chi connectivity index (χ0v) is 18.5. The Morgan fingerprint density at radius 2 is 1.69 bits per heavy atom. The lowest BCUT2D eigenvalue weighted by Gasteiger charge is -2.33. The first kappa shape index (κ1) is 20.1. The van der Waals surface area contributed by atoms with Crippen LogP contribution in [0.4, 0.5) is 5.69 Å². The minimum atomic E-state index is -0.739. The number of benzene rings is 2. The fourth-order valence-electron chi connectivity index (χ4n) is 4.39. The maximum Gasteiger partial charge on any atom is 0.257 e. The highest BCUT2D eigenvalue weighted by molar-refractivity contribution is 14.1. The quantitative estimate of drug-likeness (QED) is 0.463. The Bertz CT molecular complexity index is 951. The largest absolute Gasteiger partial charge is 0.323 e. The Kier molecular flexibility index (Phi) is 5.72. The highest BCUT2D eigenvalue weighted by atomic mass is 127. The van der Waals surface area contributed by atoms with Crippen molar-refractivity contribution >= 4 is 46.0 Å². The minimum Gasteiger partial charge on any atom is -0.323 e. The summed E-state index contributed by atoms with van der Waals surface area (Å²) in [4.78, 5) is 42.6. The molecule has 0 spiro atoms. The van der Waals surface area contributed by atoms with Crippen LogP contribution in [0.25, 0.3) is 0 Å². The first-order valence-electron chi connectivity index (χ1n) is 9.98. The molecule has 2 aliphatic rings. The highest BCUT2D eigenvalue weighted by Crippen LogP contribution is 2.33. The average molecular weight is 502 g/mol. The van der Waals surface area contributed by atoms with Crippen molar-refractivity contribution in [3.63, 3.8) is 0 Å². The topological polar surface area (TPSA) is 57.7 Å². The van der Waals surface area contributed by atoms with Crippen molar-refractivity contribution in [3.05, 3.63) is 63.2 Å². The number of halogens is 1. The third kappa shape index (κ3) is 3.82. The van der Waals surface area contributed by atoms with Gasteiger partial charge in [-0.15, -0.1) is 0 Å². The molecule has 0 N–H and O–H groups in total. The first-order chi connectivity index (χ1) is 14.0. The average Bonchev–Trinajstić information content (AvgIpc) is 3.32. The summed E-state index contributed by atoms with van der Waals surface area (Å²) >= 11 is 2.19. The summed E-state index contributed by atoms with van der Waals surface area (Å²) in [5.41, 5.74) is 2.05. The number of nitrogens with zero attached hydrogens (tertiary/aromatic N) is 2. The van der Waals surface area contributed by atoms with E-state index in [2.05, 4.69) is 22.6 Å². The van der Waals surface area contributed by atoms with Crippen molar-refractivity contribution in [2.24, 2.45) is 0 Å². The third-order valence-corrected chi connectivity index (χ3v) is 6.59. The van der Waals surface area contributed by atoms with Crippen LogP contribution in [0.3, 0.4) is 0 Å². The smallest absolute Gasteiger partial charge is 0.257 e. The molecule has 1 atom stereocenters. The molecule has 29 heavy (non-hydrogen) atoms. The Morgan fingerprint density at radius 3 is 2.34 bits per heavy atom. The molecule has 5 nitrogen and oxygen atoms in total. The van der Waals surface area contributed by atoms with Gasteiger partial charge in [-0.05, 0) is 78.3 Å². The van der Waals surface area contributed by atoms with E-state index in [4.69, 9.17) is 0 Å². The van der Waals surface area contributed by atoms with Gasteiger partial charge in [0.05, 0.1) is 12.1 Å². The Labute approximate surface area is 184 Å². The number of carbonyl (C=O) groups excluding carboxylic acids is 3. The number of aryl methyl sites for hydroxylation is 1. The maximum atomic E-state index is 13.5. The van der Waals surface area contributed by atoms with Gasteiger partial charge in [-0.2, -0.15) is 0 Å². The number of carbonyl (C=O) groups is 3. The van der Waals surface area contributed by atoms with E-state index in [0.717, 1.165) is 34.8 Å². The number of amides is 3. The van der Waals surface area contributed by atoms with Crippen LogP contribution in [-0.4, -0.2) is 34.7 Å². The van der Waals surface area contributed by atoms with Gasteiger partial charge >= 0.3 is 0 Å². The zero-order valence-electron chi connectivity index (χ0n) is 16.3. The molecule has 0 radical (unpaired) electrons. The summed E-state index contributed by atoms with van der Waals surface area (Å²) in [6.45, 7) is 1.90. The lowest BCUT2D eigenvalue weighted by molar-refractivity contribution is -0.123. The van der Waals surface area contributed by atoms with Gasteiger partial charge in [0.25, 0.3) is 11.8 Å². The van der Waals surface area contributed by atoms with Gasteiger partial charge in [-0.3, -0.25) is 14.4 Å². The van der Waals surface area contributed by atoms with Gasteiger partial charge in [0.1, 0.15) is 6.04 Å². The molecular formula is C23H23IN2O3. The van der Waals surface area contributed by atoms with E-state index in [-0.39, 0.29) is 30.2 Å². The van der Waals surface area contributed by atoms with E-state index in [9.17, 15) is 14.4 Å². The molecule has 1 saturated heterocycles. The van der Waals surface area contributed by atoms with Crippen LogP contribution in [-0.2, 0) is 9.59 Å². The lowest BCUT2D eigenvalue weighted by Crippen LogP contribution is -2.50. The van der Waals surface area contributed by atoms with E-state index >= 15 is 0 Å². The summed E-state index contributed by atoms with van der Waals surface area (Å²) in [5.74, 6) is -0.697. The second kappa shape index (κ2) is 8.26. The second-order valence-corrected chi connectivity index (χ2v) is 8.97. The fourth-order valence-corrected chi connectivity index (χ4v) is 4.75. The summed E-state index contributed by atoms with van der Waals surface area (Å²) in [6.07, 6.45) is 3.87. The van der Waals surface area contributed by atoms with Crippen molar-refractivity contribution in [1.82, 2.24) is 4.90 Å². The standard InChI is InChI=1S/C23H23IN2O3/c1-15-6-2-5-9-19(15)22(28)25(17-7-3-4-8-17)20-14-21(27)26(23(20)29)18-12-10-16(24)11-13-18/h2,5-6,9-13,17,20H,3-4,7-8,14H2,1H3. The van der Waals surface area contributed by atoms with Gasteiger partial charge in [0.15, 0.2) is 0 Å². The molecule has 4 rings (SSSR count). The Balaban J connectivity index is 1.69. The summed E-state index contributed by atoms with van der Waals surface area (Å²) in [6, 6.07) is 14.0. The van der Waals surface area contributed by atoms with Gasteiger partial charge < -0.3 is 4.90 Å². The summed E-state index contributed by atoms with van der Waals surface area (Å²) in [7, 11) is 0. The summed E-state index contributed by atoms with van der Waals surface area (Å²) in [5, 5.41) is 0. The fraction of sp³-hybridized carbons (Fsp3) is 0.348. The van der Waals surface area contributed by atoms with E-state index in [1.165, 1.54) is 4.90 Å². The normalized spacial score (nSPS) is 19.8. The van der Waals surface area contributed by atoms with Crippen LogP contribution in [0.15, 0.2) is 48.5 Å². The van der Waals surface area contributed by atoms with Crippen molar-refractivity contribution < 1.29 is 14.4 Å².